The predicted molar refractivity (Wildman–Crippen MR) is 60.9 cm³/mol. The summed E-state index contributed by atoms with van der Waals surface area (Å²) in [7, 11) is 0. The molecule has 0 spiro atoms. The highest BCUT2D eigenvalue weighted by atomic mass is 19.4. The zero-order valence-electron chi connectivity index (χ0n) is 9.85. The highest BCUT2D eigenvalue weighted by Gasteiger charge is 2.42. The van der Waals surface area contributed by atoms with Crippen LogP contribution in [0.15, 0.2) is 30.3 Å². The van der Waals surface area contributed by atoms with Gasteiger partial charge in [0.2, 0.25) is 0 Å². The molecule has 0 saturated carbocycles. The molecule has 0 bridgehead atoms. The van der Waals surface area contributed by atoms with Gasteiger partial charge in [0.05, 0.1) is 12.6 Å². The van der Waals surface area contributed by atoms with Crippen molar-refractivity contribution < 1.29 is 23.4 Å². The van der Waals surface area contributed by atoms with Crippen molar-refractivity contribution in [1.29, 1.82) is 0 Å². The lowest BCUT2D eigenvalue weighted by atomic mass is 10.1. The Labute approximate surface area is 103 Å². The van der Waals surface area contributed by atoms with Gasteiger partial charge in [-0.25, -0.2) is 0 Å². The molecule has 0 aliphatic rings. The topological polar surface area (TPSA) is 52.5 Å². The van der Waals surface area contributed by atoms with Gasteiger partial charge in [0, 0.05) is 6.04 Å². The highest BCUT2D eigenvalue weighted by Crippen LogP contribution is 2.23. The molecule has 0 saturated heterocycles. The summed E-state index contributed by atoms with van der Waals surface area (Å²) in [5.74, 6) is 0. The molecule has 3 atom stereocenters. The van der Waals surface area contributed by atoms with Crippen LogP contribution in [0.25, 0.3) is 0 Å². The van der Waals surface area contributed by atoms with E-state index in [-0.39, 0.29) is 6.61 Å². The van der Waals surface area contributed by atoms with E-state index in [1.54, 1.807) is 30.3 Å². The molecular weight excluding hydrogens is 247 g/mol. The monoisotopic (exact) mass is 263 g/mol. The van der Waals surface area contributed by atoms with E-state index in [0.717, 1.165) is 0 Å². The van der Waals surface area contributed by atoms with Crippen molar-refractivity contribution in [3.63, 3.8) is 0 Å². The standard InChI is InChI=1S/C12H16F3NO2/c1-8(11(18)12(13,14)15)16-10(7-17)9-5-3-2-4-6-9/h2-6,8,10-11,16-18H,7H2,1H3/t8-,10+,11-/m1/s1. The highest BCUT2D eigenvalue weighted by molar-refractivity contribution is 5.19. The van der Waals surface area contributed by atoms with Gasteiger partial charge in [-0.3, -0.25) is 0 Å². The minimum Gasteiger partial charge on any atom is -0.394 e. The number of benzene rings is 1. The van der Waals surface area contributed by atoms with E-state index in [0.29, 0.717) is 5.56 Å². The average Bonchev–Trinajstić information content (AvgIpc) is 2.34. The Morgan fingerprint density at radius 1 is 1.22 bits per heavy atom. The summed E-state index contributed by atoms with van der Waals surface area (Å²) in [6, 6.07) is 6.77. The van der Waals surface area contributed by atoms with Gasteiger partial charge in [0.1, 0.15) is 0 Å². The van der Waals surface area contributed by atoms with Crippen LogP contribution in [0.1, 0.15) is 18.5 Å². The molecule has 6 heteroatoms. The molecule has 0 fully saturated rings. The van der Waals surface area contributed by atoms with Crippen molar-refractivity contribution in [1.82, 2.24) is 5.32 Å². The van der Waals surface area contributed by atoms with Crippen molar-refractivity contribution in [3.05, 3.63) is 35.9 Å². The molecule has 3 nitrogen and oxygen atoms in total. The number of alkyl halides is 3. The van der Waals surface area contributed by atoms with Gasteiger partial charge < -0.3 is 15.5 Å². The Hall–Kier alpha value is -1.11. The van der Waals surface area contributed by atoms with Crippen LogP contribution in [0.3, 0.4) is 0 Å². The van der Waals surface area contributed by atoms with Crippen LogP contribution in [-0.4, -0.2) is 35.1 Å². The molecule has 3 N–H and O–H groups in total. The van der Waals surface area contributed by atoms with Gasteiger partial charge in [0.15, 0.2) is 6.10 Å². The van der Waals surface area contributed by atoms with E-state index < -0.39 is 24.4 Å². The van der Waals surface area contributed by atoms with Crippen LogP contribution < -0.4 is 5.32 Å². The van der Waals surface area contributed by atoms with E-state index in [2.05, 4.69) is 5.32 Å². The molecule has 0 aliphatic carbocycles. The Bertz CT molecular complexity index is 356. The summed E-state index contributed by atoms with van der Waals surface area (Å²) in [6.07, 6.45) is -7.14. The van der Waals surface area contributed by atoms with Crippen LogP contribution in [0, 0.1) is 0 Å². The third kappa shape index (κ3) is 3.97. The zero-order chi connectivity index (χ0) is 13.8. The molecule has 0 unspecified atom stereocenters. The SMILES string of the molecule is C[C@@H](N[C@@H](CO)c1ccccc1)[C@@H](O)C(F)(F)F. The summed E-state index contributed by atoms with van der Waals surface area (Å²) in [4.78, 5) is 0. The number of nitrogens with one attached hydrogen (secondary N) is 1. The van der Waals surface area contributed by atoms with E-state index >= 15 is 0 Å². The first-order valence-electron chi connectivity index (χ1n) is 5.53. The predicted octanol–water partition coefficient (Wildman–Crippen LogP) is 1.62. The number of hydrogen-bond donors (Lipinski definition) is 3. The molecular formula is C12H16F3NO2. The van der Waals surface area contributed by atoms with Crippen LogP contribution >= 0.6 is 0 Å². The van der Waals surface area contributed by atoms with Crippen molar-refractivity contribution in [3.8, 4) is 0 Å². The van der Waals surface area contributed by atoms with Crippen molar-refractivity contribution >= 4 is 0 Å². The lowest BCUT2D eigenvalue weighted by Gasteiger charge is -2.27. The molecule has 0 amide bonds. The Morgan fingerprint density at radius 3 is 2.22 bits per heavy atom. The third-order valence-corrected chi connectivity index (χ3v) is 2.66. The molecule has 1 rings (SSSR count). The third-order valence-electron chi connectivity index (χ3n) is 2.66. The molecule has 1 aromatic rings. The van der Waals surface area contributed by atoms with E-state index in [9.17, 15) is 18.3 Å². The second kappa shape index (κ2) is 6.17. The summed E-state index contributed by atoms with van der Waals surface area (Å²) >= 11 is 0. The summed E-state index contributed by atoms with van der Waals surface area (Å²) in [5.41, 5.74) is 0.668. The molecule has 102 valence electrons. The van der Waals surface area contributed by atoms with Gasteiger partial charge in [-0.1, -0.05) is 30.3 Å². The van der Waals surface area contributed by atoms with E-state index in [1.807, 2.05) is 0 Å². The number of aliphatic hydroxyl groups excluding tert-OH is 2. The largest absolute Gasteiger partial charge is 0.415 e. The number of halogens is 3. The first-order chi connectivity index (χ1) is 8.36. The molecule has 0 aromatic heterocycles. The maximum absolute atomic E-state index is 12.3. The minimum absolute atomic E-state index is 0.348. The van der Waals surface area contributed by atoms with Gasteiger partial charge in [-0.05, 0) is 12.5 Å². The average molecular weight is 263 g/mol. The van der Waals surface area contributed by atoms with E-state index in [1.165, 1.54) is 6.92 Å². The summed E-state index contributed by atoms with van der Waals surface area (Å²) in [6.45, 7) is 0.878. The van der Waals surface area contributed by atoms with Crippen molar-refractivity contribution in [2.24, 2.45) is 0 Å². The second-order valence-corrected chi connectivity index (χ2v) is 4.09. The first kappa shape index (κ1) is 14.9. The normalized spacial score (nSPS) is 17.2. The fraction of sp³-hybridized carbons (Fsp3) is 0.500. The smallest absolute Gasteiger partial charge is 0.394 e. The summed E-state index contributed by atoms with van der Waals surface area (Å²) < 4.78 is 36.9. The van der Waals surface area contributed by atoms with Crippen LogP contribution in [-0.2, 0) is 0 Å². The molecule has 18 heavy (non-hydrogen) atoms. The molecule has 1 aromatic carbocycles. The Balaban J connectivity index is 2.70. The lowest BCUT2D eigenvalue weighted by Crippen LogP contribution is -2.47. The lowest BCUT2D eigenvalue weighted by molar-refractivity contribution is -0.211. The maximum atomic E-state index is 12.3. The van der Waals surface area contributed by atoms with Gasteiger partial charge in [0.25, 0.3) is 0 Å². The van der Waals surface area contributed by atoms with Crippen LogP contribution in [0.5, 0.6) is 0 Å². The first-order valence-corrected chi connectivity index (χ1v) is 5.53. The van der Waals surface area contributed by atoms with Crippen LogP contribution in [0.4, 0.5) is 13.2 Å². The molecule has 0 aliphatic heterocycles. The van der Waals surface area contributed by atoms with Gasteiger partial charge in [-0.2, -0.15) is 13.2 Å². The zero-order valence-corrected chi connectivity index (χ0v) is 9.85. The minimum atomic E-state index is -4.68. The summed E-state index contributed by atoms with van der Waals surface area (Å²) in [5, 5.41) is 20.8. The fourth-order valence-electron chi connectivity index (χ4n) is 1.63. The number of rotatable bonds is 5. The Kier molecular flexibility index (Phi) is 5.13. The number of hydrogen-bond acceptors (Lipinski definition) is 3. The Morgan fingerprint density at radius 2 is 1.78 bits per heavy atom. The quantitative estimate of drug-likeness (QED) is 0.756. The van der Waals surface area contributed by atoms with Crippen molar-refractivity contribution in [2.75, 3.05) is 6.61 Å². The second-order valence-electron chi connectivity index (χ2n) is 4.09. The molecule has 0 radical (unpaired) electrons. The van der Waals surface area contributed by atoms with Gasteiger partial charge >= 0.3 is 6.18 Å². The van der Waals surface area contributed by atoms with Crippen LogP contribution in [0.2, 0.25) is 0 Å². The molecule has 0 heterocycles. The fourth-order valence-corrected chi connectivity index (χ4v) is 1.63. The van der Waals surface area contributed by atoms with Gasteiger partial charge in [-0.15, -0.1) is 0 Å². The van der Waals surface area contributed by atoms with E-state index in [4.69, 9.17) is 5.11 Å². The van der Waals surface area contributed by atoms with Crippen molar-refractivity contribution in [2.45, 2.75) is 31.3 Å². The maximum Gasteiger partial charge on any atom is 0.415 e. The number of aliphatic hydroxyl groups is 2.